The van der Waals surface area contributed by atoms with Gasteiger partial charge in [0.2, 0.25) is 5.91 Å². The van der Waals surface area contributed by atoms with Crippen LogP contribution in [0.25, 0.3) is 0 Å². The van der Waals surface area contributed by atoms with E-state index in [4.69, 9.17) is 4.74 Å². The van der Waals surface area contributed by atoms with Gasteiger partial charge in [-0.05, 0) is 30.0 Å². The molecule has 0 unspecified atom stereocenters. The average molecular weight is 370 g/mol. The number of rotatable bonds is 6. The van der Waals surface area contributed by atoms with E-state index in [-0.39, 0.29) is 11.8 Å². The van der Waals surface area contributed by atoms with Crippen LogP contribution in [-0.2, 0) is 17.8 Å². The summed E-state index contributed by atoms with van der Waals surface area (Å²) in [5, 5.41) is 12.2. The van der Waals surface area contributed by atoms with Crippen LogP contribution in [0.5, 0.6) is 5.75 Å². The van der Waals surface area contributed by atoms with Crippen molar-refractivity contribution in [2.24, 2.45) is 5.92 Å². The van der Waals surface area contributed by atoms with Crippen LogP contribution in [-0.4, -0.2) is 60.6 Å². The van der Waals surface area contributed by atoms with Crippen LogP contribution in [0, 0.1) is 17.2 Å². The highest BCUT2D eigenvalue weighted by molar-refractivity contribution is 5.79. The minimum absolute atomic E-state index is 0.0696. The lowest BCUT2D eigenvalue weighted by atomic mass is 9.90. The third-order valence-electron chi connectivity index (χ3n) is 5.78. The van der Waals surface area contributed by atoms with E-state index in [1.54, 1.807) is 6.92 Å². The number of hydrogen-bond donors (Lipinski definition) is 1. The van der Waals surface area contributed by atoms with Crippen LogP contribution in [0.2, 0.25) is 0 Å². The molecule has 0 bridgehead atoms. The molecule has 2 aliphatic heterocycles. The van der Waals surface area contributed by atoms with Crippen molar-refractivity contribution < 1.29 is 9.53 Å². The van der Waals surface area contributed by atoms with E-state index in [0.717, 1.165) is 51.5 Å². The number of nitrogens with one attached hydrogen (secondary N) is 1. The zero-order valence-electron chi connectivity index (χ0n) is 16.6. The summed E-state index contributed by atoms with van der Waals surface area (Å²) in [5.74, 6) is 1.03. The molecule has 6 nitrogen and oxygen atoms in total. The highest BCUT2D eigenvalue weighted by atomic mass is 16.5. The fraction of sp³-hybridized carbons (Fsp3) is 0.619. The number of carbonyl (C=O) groups is 1. The smallest absolute Gasteiger partial charge is 0.235 e. The second-order valence-corrected chi connectivity index (χ2v) is 8.11. The molecular weight excluding hydrogens is 340 g/mol. The van der Waals surface area contributed by atoms with Gasteiger partial charge in [0.1, 0.15) is 11.3 Å². The van der Waals surface area contributed by atoms with Crippen LogP contribution in [0.15, 0.2) is 18.2 Å². The van der Waals surface area contributed by atoms with Crippen LogP contribution in [0.1, 0.15) is 31.9 Å². The van der Waals surface area contributed by atoms with Gasteiger partial charge in [0.15, 0.2) is 0 Å². The molecule has 1 N–H and O–H groups in total. The minimum atomic E-state index is -0.809. The maximum Gasteiger partial charge on any atom is 0.235 e. The molecule has 1 atom stereocenters. The molecule has 146 valence electrons. The van der Waals surface area contributed by atoms with Gasteiger partial charge in [0, 0.05) is 39.1 Å². The van der Waals surface area contributed by atoms with E-state index >= 15 is 0 Å². The van der Waals surface area contributed by atoms with Crippen molar-refractivity contribution in [1.82, 2.24) is 15.1 Å². The summed E-state index contributed by atoms with van der Waals surface area (Å²) in [6.45, 7) is 11.4. The first-order valence-electron chi connectivity index (χ1n) is 9.81. The van der Waals surface area contributed by atoms with Crippen molar-refractivity contribution in [1.29, 1.82) is 5.26 Å². The molecule has 0 aliphatic carbocycles. The fourth-order valence-corrected chi connectivity index (χ4v) is 3.54. The van der Waals surface area contributed by atoms with E-state index < -0.39 is 5.54 Å². The van der Waals surface area contributed by atoms with Crippen molar-refractivity contribution in [3.05, 3.63) is 29.3 Å². The molecule has 1 saturated heterocycles. The fourth-order valence-electron chi connectivity index (χ4n) is 3.54. The standard InChI is InChI=1S/C21H30N4O2/c1-16(2)21(3,15-22)23-20(26)14-25-9-7-24(8-10-25)13-17-4-5-19-18(12-17)6-11-27-19/h4-5,12,16H,6-11,13-14H2,1-3H3,(H,23,26)/t21-/m0/s1. The molecule has 0 saturated carbocycles. The van der Waals surface area contributed by atoms with Gasteiger partial charge in [-0.25, -0.2) is 0 Å². The number of nitrogens with zero attached hydrogens (tertiary/aromatic N) is 3. The Balaban J connectivity index is 1.45. The molecule has 1 aromatic rings. The molecule has 1 amide bonds. The first-order chi connectivity index (χ1) is 12.9. The van der Waals surface area contributed by atoms with Crippen molar-refractivity contribution in [2.75, 3.05) is 39.3 Å². The summed E-state index contributed by atoms with van der Waals surface area (Å²) in [5.41, 5.74) is 1.83. The number of nitriles is 1. The molecular formula is C21H30N4O2. The van der Waals surface area contributed by atoms with Gasteiger partial charge >= 0.3 is 0 Å². The van der Waals surface area contributed by atoms with E-state index in [1.165, 1.54) is 11.1 Å². The van der Waals surface area contributed by atoms with E-state index in [1.807, 2.05) is 13.8 Å². The third kappa shape index (κ3) is 4.79. The minimum Gasteiger partial charge on any atom is -0.493 e. The second-order valence-electron chi connectivity index (χ2n) is 8.11. The lowest BCUT2D eigenvalue weighted by Gasteiger charge is -2.35. The summed E-state index contributed by atoms with van der Waals surface area (Å²) >= 11 is 0. The summed E-state index contributed by atoms with van der Waals surface area (Å²) in [4.78, 5) is 16.9. The summed E-state index contributed by atoms with van der Waals surface area (Å²) in [6.07, 6.45) is 1.00. The molecule has 1 fully saturated rings. The maximum absolute atomic E-state index is 12.3. The summed E-state index contributed by atoms with van der Waals surface area (Å²) < 4.78 is 5.57. The summed E-state index contributed by atoms with van der Waals surface area (Å²) in [6, 6.07) is 8.73. The summed E-state index contributed by atoms with van der Waals surface area (Å²) in [7, 11) is 0. The van der Waals surface area contributed by atoms with Gasteiger partial charge in [0.25, 0.3) is 0 Å². The van der Waals surface area contributed by atoms with Gasteiger partial charge in [-0.1, -0.05) is 26.0 Å². The monoisotopic (exact) mass is 370 g/mol. The Morgan fingerprint density at radius 1 is 1.30 bits per heavy atom. The highest BCUT2D eigenvalue weighted by Gasteiger charge is 2.30. The topological polar surface area (TPSA) is 68.6 Å². The highest BCUT2D eigenvalue weighted by Crippen LogP contribution is 2.26. The van der Waals surface area contributed by atoms with Gasteiger partial charge in [-0.15, -0.1) is 0 Å². The Labute approximate surface area is 162 Å². The third-order valence-corrected chi connectivity index (χ3v) is 5.78. The van der Waals surface area contributed by atoms with Crippen LogP contribution < -0.4 is 10.1 Å². The van der Waals surface area contributed by atoms with Crippen molar-refractivity contribution in [3.8, 4) is 11.8 Å². The van der Waals surface area contributed by atoms with Crippen LogP contribution in [0.3, 0.4) is 0 Å². The molecule has 2 heterocycles. The van der Waals surface area contributed by atoms with Crippen LogP contribution >= 0.6 is 0 Å². The van der Waals surface area contributed by atoms with Crippen molar-refractivity contribution in [3.63, 3.8) is 0 Å². The zero-order valence-corrected chi connectivity index (χ0v) is 16.6. The zero-order chi connectivity index (χ0) is 19.4. The van der Waals surface area contributed by atoms with Gasteiger partial charge in [-0.3, -0.25) is 14.6 Å². The Bertz CT molecular complexity index is 719. The Hall–Kier alpha value is -2.10. The number of carbonyl (C=O) groups excluding carboxylic acids is 1. The van der Waals surface area contributed by atoms with Crippen molar-refractivity contribution >= 4 is 5.91 Å². The lowest BCUT2D eigenvalue weighted by molar-refractivity contribution is -0.124. The number of ether oxygens (including phenoxy) is 1. The number of amides is 1. The number of hydrogen-bond acceptors (Lipinski definition) is 5. The lowest BCUT2D eigenvalue weighted by Crippen LogP contribution is -2.54. The Kier molecular flexibility index (Phi) is 6.03. The molecule has 27 heavy (non-hydrogen) atoms. The second kappa shape index (κ2) is 8.28. The maximum atomic E-state index is 12.3. The molecule has 6 heteroatoms. The van der Waals surface area contributed by atoms with E-state index in [9.17, 15) is 10.1 Å². The van der Waals surface area contributed by atoms with Gasteiger partial charge in [-0.2, -0.15) is 5.26 Å². The van der Waals surface area contributed by atoms with Gasteiger partial charge < -0.3 is 10.1 Å². The molecule has 0 radical (unpaired) electrons. The molecule has 0 aromatic heterocycles. The predicted octanol–water partition coefficient (Wildman–Crippen LogP) is 1.79. The number of piperazine rings is 1. The number of benzene rings is 1. The predicted molar refractivity (Wildman–Crippen MR) is 104 cm³/mol. The van der Waals surface area contributed by atoms with E-state index in [0.29, 0.717) is 6.54 Å². The normalized spacial score (nSPS) is 19.8. The average Bonchev–Trinajstić information content (AvgIpc) is 3.10. The first-order valence-corrected chi connectivity index (χ1v) is 9.81. The van der Waals surface area contributed by atoms with E-state index in [2.05, 4.69) is 39.4 Å². The Morgan fingerprint density at radius 2 is 2.00 bits per heavy atom. The largest absolute Gasteiger partial charge is 0.493 e. The molecule has 3 rings (SSSR count). The SMILES string of the molecule is CC(C)[C@](C)(C#N)NC(=O)CN1CCN(Cc2ccc3c(c2)CCO3)CC1. The quantitative estimate of drug-likeness (QED) is 0.827. The van der Waals surface area contributed by atoms with Crippen molar-refractivity contribution in [2.45, 2.75) is 39.3 Å². The molecule has 0 spiro atoms. The Morgan fingerprint density at radius 3 is 2.67 bits per heavy atom. The van der Waals surface area contributed by atoms with Crippen LogP contribution in [0.4, 0.5) is 0 Å². The van der Waals surface area contributed by atoms with Gasteiger partial charge in [0.05, 0.1) is 19.2 Å². The first kappa shape index (κ1) is 19.7. The molecule has 2 aliphatic rings. The molecule has 1 aromatic carbocycles. The number of fused-ring (bicyclic) bond motifs is 1.